The van der Waals surface area contributed by atoms with E-state index in [1.807, 2.05) is 0 Å². The van der Waals surface area contributed by atoms with Crippen LogP contribution in [0.4, 0.5) is 0 Å². The average molecular weight is 938 g/mol. The van der Waals surface area contributed by atoms with Crippen LogP contribution in [0.2, 0.25) is 0 Å². The molecule has 0 spiro atoms. The summed E-state index contributed by atoms with van der Waals surface area (Å²) in [6.45, 7) is 6.52. The summed E-state index contributed by atoms with van der Waals surface area (Å²) in [5.74, 6) is -0.887. The lowest BCUT2D eigenvalue weighted by Crippen LogP contribution is -2.30. The number of allylic oxidation sites excluding steroid dienone is 10. The van der Waals surface area contributed by atoms with Crippen LogP contribution in [0.15, 0.2) is 60.8 Å². The number of unbranched alkanes of at least 4 members (excludes halogenated alkanes) is 31. The number of ether oxygens (including phenoxy) is 3. The third-order valence-electron chi connectivity index (χ3n) is 12.5. The Morgan fingerprint density at radius 2 is 0.582 bits per heavy atom. The first-order chi connectivity index (χ1) is 33.0. The Labute approximate surface area is 415 Å². The zero-order chi connectivity index (χ0) is 48.6. The van der Waals surface area contributed by atoms with Crippen LogP contribution in [-0.2, 0) is 28.6 Å². The molecule has 0 aliphatic rings. The quantitative estimate of drug-likeness (QED) is 0.0262. The molecule has 0 rings (SSSR count). The second-order valence-corrected chi connectivity index (χ2v) is 19.2. The van der Waals surface area contributed by atoms with E-state index in [-0.39, 0.29) is 31.1 Å². The molecule has 6 nitrogen and oxygen atoms in total. The van der Waals surface area contributed by atoms with Crippen LogP contribution < -0.4 is 0 Å². The first-order valence-corrected chi connectivity index (χ1v) is 28.8. The van der Waals surface area contributed by atoms with Gasteiger partial charge in [-0.3, -0.25) is 14.4 Å². The number of carbonyl (C=O) groups is 3. The highest BCUT2D eigenvalue weighted by atomic mass is 16.6. The van der Waals surface area contributed by atoms with Gasteiger partial charge >= 0.3 is 17.9 Å². The lowest BCUT2D eigenvalue weighted by Gasteiger charge is -2.18. The van der Waals surface area contributed by atoms with E-state index in [1.54, 1.807) is 0 Å². The van der Waals surface area contributed by atoms with E-state index in [2.05, 4.69) is 81.5 Å². The molecule has 0 fully saturated rings. The first kappa shape index (κ1) is 64.1. The Morgan fingerprint density at radius 3 is 0.925 bits per heavy atom. The minimum Gasteiger partial charge on any atom is -0.462 e. The summed E-state index contributed by atoms with van der Waals surface area (Å²) in [5.41, 5.74) is 0. The number of carbonyl (C=O) groups excluding carboxylic acids is 3. The fourth-order valence-corrected chi connectivity index (χ4v) is 8.19. The zero-order valence-electron chi connectivity index (χ0n) is 44.4. The summed E-state index contributed by atoms with van der Waals surface area (Å²) >= 11 is 0. The molecule has 388 valence electrons. The van der Waals surface area contributed by atoms with E-state index in [9.17, 15) is 14.4 Å². The Hall–Kier alpha value is -2.89. The normalized spacial score (nSPS) is 12.5. The molecule has 0 saturated carbocycles. The molecule has 0 aromatic rings. The molecule has 0 N–H and O–H groups in total. The lowest BCUT2D eigenvalue weighted by atomic mass is 10.1. The summed E-state index contributed by atoms with van der Waals surface area (Å²) in [5, 5.41) is 0. The maximum absolute atomic E-state index is 12.8. The zero-order valence-corrected chi connectivity index (χ0v) is 44.4. The third-order valence-corrected chi connectivity index (χ3v) is 12.5. The second-order valence-electron chi connectivity index (χ2n) is 19.2. The van der Waals surface area contributed by atoms with Crippen molar-refractivity contribution in [2.45, 2.75) is 297 Å². The number of esters is 3. The number of hydrogen-bond acceptors (Lipinski definition) is 6. The molecular weight excluding hydrogens is 829 g/mol. The summed E-state index contributed by atoms with van der Waals surface area (Å²) in [4.78, 5) is 38.0. The van der Waals surface area contributed by atoms with Crippen molar-refractivity contribution in [1.82, 2.24) is 0 Å². The second kappa shape index (κ2) is 55.7. The van der Waals surface area contributed by atoms with Crippen LogP contribution in [0.5, 0.6) is 0 Å². The molecule has 67 heavy (non-hydrogen) atoms. The maximum atomic E-state index is 12.8. The van der Waals surface area contributed by atoms with Crippen LogP contribution in [0, 0.1) is 0 Å². The van der Waals surface area contributed by atoms with E-state index in [4.69, 9.17) is 14.2 Å². The maximum Gasteiger partial charge on any atom is 0.306 e. The van der Waals surface area contributed by atoms with Crippen molar-refractivity contribution >= 4 is 17.9 Å². The molecule has 6 heteroatoms. The average Bonchev–Trinajstić information content (AvgIpc) is 3.33. The van der Waals surface area contributed by atoms with Gasteiger partial charge in [0, 0.05) is 19.3 Å². The van der Waals surface area contributed by atoms with Gasteiger partial charge in [0.15, 0.2) is 6.10 Å². The highest BCUT2D eigenvalue weighted by molar-refractivity contribution is 5.71. The van der Waals surface area contributed by atoms with Crippen molar-refractivity contribution in [2.75, 3.05) is 13.2 Å². The minimum atomic E-state index is -0.780. The topological polar surface area (TPSA) is 78.9 Å². The molecular formula is C61H108O6. The molecule has 0 radical (unpaired) electrons. The minimum absolute atomic E-state index is 0.0788. The summed E-state index contributed by atoms with van der Waals surface area (Å²) < 4.78 is 16.8. The predicted octanol–water partition coefficient (Wildman–Crippen LogP) is 19.2. The number of hydrogen-bond donors (Lipinski definition) is 0. The van der Waals surface area contributed by atoms with E-state index < -0.39 is 6.10 Å². The molecule has 0 aliphatic heterocycles. The van der Waals surface area contributed by atoms with Crippen LogP contribution in [0.25, 0.3) is 0 Å². The molecule has 0 aromatic carbocycles. The Kier molecular flexibility index (Phi) is 53.3. The molecule has 0 bridgehead atoms. The third kappa shape index (κ3) is 53.9. The van der Waals surface area contributed by atoms with Gasteiger partial charge in [-0.1, -0.05) is 248 Å². The van der Waals surface area contributed by atoms with Crippen molar-refractivity contribution in [2.24, 2.45) is 0 Å². The van der Waals surface area contributed by atoms with Crippen molar-refractivity contribution in [3.8, 4) is 0 Å². The number of rotatable bonds is 52. The molecule has 0 saturated heterocycles. The highest BCUT2D eigenvalue weighted by Crippen LogP contribution is 2.16. The van der Waals surface area contributed by atoms with Crippen molar-refractivity contribution in [3.05, 3.63) is 60.8 Å². The van der Waals surface area contributed by atoms with Gasteiger partial charge in [0.2, 0.25) is 0 Å². The van der Waals surface area contributed by atoms with Gasteiger partial charge in [0.25, 0.3) is 0 Å². The lowest BCUT2D eigenvalue weighted by molar-refractivity contribution is -0.167. The van der Waals surface area contributed by atoms with E-state index in [0.717, 1.165) is 96.3 Å². The highest BCUT2D eigenvalue weighted by Gasteiger charge is 2.19. The van der Waals surface area contributed by atoms with Gasteiger partial charge in [-0.05, 0) is 83.5 Å². The molecule has 0 aliphatic carbocycles. The van der Waals surface area contributed by atoms with Gasteiger partial charge in [0.05, 0.1) is 0 Å². The predicted molar refractivity (Wildman–Crippen MR) is 288 cm³/mol. The molecule has 1 unspecified atom stereocenters. The van der Waals surface area contributed by atoms with Crippen molar-refractivity contribution in [1.29, 1.82) is 0 Å². The van der Waals surface area contributed by atoms with Gasteiger partial charge < -0.3 is 14.2 Å². The van der Waals surface area contributed by atoms with Crippen LogP contribution in [0.3, 0.4) is 0 Å². The molecule has 0 heterocycles. The van der Waals surface area contributed by atoms with Crippen molar-refractivity contribution in [3.63, 3.8) is 0 Å². The SMILES string of the molecule is CC/C=C\C/C=C\C/C=C\C/C=C\CCCCCCCCC(=O)OC(COC(=O)CCCCCCCCCCC)COC(=O)CCCCCCCCCCC/C=C\CCCCCCCCCC. The molecule has 0 aromatic heterocycles. The van der Waals surface area contributed by atoms with E-state index >= 15 is 0 Å². The van der Waals surface area contributed by atoms with Gasteiger partial charge in [-0.25, -0.2) is 0 Å². The fraction of sp³-hybridized carbons (Fsp3) is 0.787. The van der Waals surface area contributed by atoms with Gasteiger partial charge in [-0.2, -0.15) is 0 Å². The van der Waals surface area contributed by atoms with Crippen LogP contribution in [0.1, 0.15) is 290 Å². The largest absolute Gasteiger partial charge is 0.462 e. The Balaban J connectivity index is 4.28. The summed E-state index contributed by atoms with van der Waals surface area (Å²) in [6.07, 6.45) is 69.3. The van der Waals surface area contributed by atoms with Crippen LogP contribution in [-0.4, -0.2) is 37.2 Å². The summed E-state index contributed by atoms with van der Waals surface area (Å²) in [6, 6.07) is 0. The first-order valence-electron chi connectivity index (χ1n) is 28.8. The molecule has 1 atom stereocenters. The fourth-order valence-electron chi connectivity index (χ4n) is 8.19. The van der Waals surface area contributed by atoms with E-state index in [0.29, 0.717) is 19.3 Å². The van der Waals surface area contributed by atoms with Gasteiger partial charge in [0.1, 0.15) is 13.2 Å². The van der Waals surface area contributed by atoms with E-state index in [1.165, 1.54) is 154 Å². The van der Waals surface area contributed by atoms with Crippen LogP contribution >= 0.6 is 0 Å². The monoisotopic (exact) mass is 937 g/mol. The molecule has 0 amide bonds. The van der Waals surface area contributed by atoms with Crippen molar-refractivity contribution < 1.29 is 28.6 Å². The standard InChI is InChI=1S/C61H108O6/c1-4-7-10-13-16-19-21-23-25-27-29-30-32-33-35-37-39-42-45-48-51-54-60(63)66-57-58(56-65-59(62)53-50-47-44-41-18-15-12-9-6-3)67-61(64)55-52-49-46-43-40-38-36-34-31-28-26-24-22-20-17-14-11-8-5-2/h8,11,17,20,24,26-27,29,31,34,58H,4-7,9-10,12-16,18-19,21-23,25,28,30,32-33,35-57H2,1-3H3/b11-8-,20-17-,26-24-,29-27-,34-31-. The smallest absolute Gasteiger partial charge is 0.306 e. The Morgan fingerprint density at radius 1 is 0.313 bits per heavy atom. The van der Waals surface area contributed by atoms with Gasteiger partial charge in [-0.15, -0.1) is 0 Å². The Bertz CT molecular complexity index is 1210. The summed E-state index contributed by atoms with van der Waals surface area (Å²) in [7, 11) is 0.